The van der Waals surface area contributed by atoms with Gasteiger partial charge in [-0.3, -0.25) is 9.59 Å². The molecule has 2 N–H and O–H groups in total. The van der Waals surface area contributed by atoms with Crippen LogP contribution >= 0.6 is 0 Å². The average Bonchev–Trinajstić information content (AvgIpc) is 2.29. The molecule has 0 saturated heterocycles. The molecule has 1 aromatic carbocycles. The molecule has 0 heterocycles. The average molecular weight is 232 g/mol. The standard InChI is InChI=1S/C13H16N2O2/c1-4-11(16)15-13(2,3)12(17)14-10-8-6-5-7-9-10/h4-9H,1H2,2-3H3,(H,14,17)(H,15,16). The molecule has 0 saturated carbocycles. The van der Waals surface area contributed by atoms with Crippen LogP contribution in [0.5, 0.6) is 0 Å². The molecule has 0 atom stereocenters. The summed E-state index contributed by atoms with van der Waals surface area (Å²) < 4.78 is 0. The van der Waals surface area contributed by atoms with Crippen LogP contribution in [0.2, 0.25) is 0 Å². The van der Waals surface area contributed by atoms with E-state index in [-0.39, 0.29) is 11.8 Å². The van der Waals surface area contributed by atoms with Crippen molar-refractivity contribution < 1.29 is 9.59 Å². The number of rotatable bonds is 4. The van der Waals surface area contributed by atoms with Gasteiger partial charge in [0, 0.05) is 5.69 Å². The van der Waals surface area contributed by atoms with Gasteiger partial charge < -0.3 is 10.6 Å². The van der Waals surface area contributed by atoms with Crippen LogP contribution in [-0.4, -0.2) is 17.4 Å². The Hall–Kier alpha value is -2.10. The lowest BCUT2D eigenvalue weighted by molar-refractivity contribution is -0.126. The number of nitrogens with one attached hydrogen (secondary N) is 2. The maximum Gasteiger partial charge on any atom is 0.249 e. The van der Waals surface area contributed by atoms with Crippen LogP contribution < -0.4 is 10.6 Å². The molecule has 1 aromatic rings. The number of hydrogen-bond acceptors (Lipinski definition) is 2. The zero-order valence-corrected chi connectivity index (χ0v) is 9.99. The van der Waals surface area contributed by atoms with Crippen molar-refractivity contribution in [1.82, 2.24) is 5.32 Å². The van der Waals surface area contributed by atoms with Crippen molar-refractivity contribution in [3.8, 4) is 0 Å². The summed E-state index contributed by atoms with van der Waals surface area (Å²) in [6, 6.07) is 9.07. The van der Waals surface area contributed by atoms with Crippen molar-refractivity contribution in [2.45, 2.75) is 19.4 Å². The SMILES string of the molecule is C=CC(=O)NC(C)(C)C(=O)Nc1ccccc1. The van der Waals surface area contributed by atoms with E-state index in [0.29, 0.717) is 5.69 Å². The highest BCUT2D eigenvalue weighted by Crippen LogP contribution is 2.10. The molecule has 0 aromatic heterocycles. The molecule has 0 unspecified atom stereocenters. The van der Waals surface area contributed by atoms with Gasteiger partial charge in [-0.2, -0.15) is 0 Å². The van der Waals surface area contributed by atoms with Crippen LogP contribution in [0.1, 0.15) is 13.8 Å². The van der Waals surface area contributed by atoms with Gasteiger partial charge in [0.1, 0.15) is 5.54 Å². The van der Waals surface area contributed by atoms with Crippen molar-refractivity contribution in [2.75, 3.05) is 5.32 Å². The Morgan fingerprint density at radius 2 is 1.82 bits per heavy atom. The first-order valence-corrected chi connectivity index (χ1v) is 5.27. The van der Waals surface area contributed by atoms with Gasteiger partial charge in [-0.05, 0) is 32.1 Å². The highest BCUT2D eigenvalue weighted by atomic mass is 16.2. The third-order valence-electron chi connectivity index (χ3n) is 2.22. The number of anilines is 1. The van der Waals surface area contributed by atoms with Gasteiger partial charge in [-0.25, -0.2) is 0 Å². The van der Waals surface area contributed by atoms with E-state index in [0.717, 1.165) is 6.08 Å². The second-order valence-corrected chi connectivity index (χ2v) is 4.14. The molecular weight excluding hydrogens is 216 g/mol. The van der Waals surface area contributed by atoms with Gasteiger partial charge in [0.05, 0.1) is 0 Å². The predicted octanol–water partition coefficient (Wildman–Crippen LogP) is 1.71. The first-order chi connectivity index (χ1) is 7.95. The molecule has 4 heteroatoms. The summed E-state index contributed by atoms with van der Waals surface area (Å²) in [5, 5.41) is 5.28. The van der Waals surface area contributed by atoms with Crippen molar-refractivity contribution in [3.63, 3.8) is 0 Å². The predicted molar refractivity (Wildman–Crippen MR) is 67.5 cm³/mol. The fourth-order valence-electron chi connectivity index (χ4n) is 1.22. The minimum Gasteiger partial charge on any atom is -0.339 e. The van der Waals surface area contributed by atoms with Crippen LogP contribution in [0.4, 0.5) is 5.69 Å². The Labute approximate surface area is 101 Å². The summed E-state index contributed by atoms with van der Waals surface area (Å²) in [6.07, 6.45) is 1.14. The highest BCUT2D eigenvalue weighted by Gasteiger charge is 2.28. The molecule has 4 nitrogen and oxygen atoms in total. The first kappa shape index (κ1) is 13.0. The zero-order valence-electron chi connectivity index (χ0n) is 9.99. The van der Waals surface area contributed by atoms with Crippen molar-refractivity contribution in [2.24, 2.45) is 0 Å². The second-order valence-electron chi connectivity index (χ2n) is 4.14. The summed E-state index contributed by atoms with van der Waals surface area (Å²) in [7, 11) is 0. The third-order valence-corrected chi connectivity index (χ3v) is 2.22. The minimum absolute atomic E-state index is 0.279. The lowest BCUT2D eigenvalue weighted by atomic mass is 10.0. The zero-order chi connectivity index (χ0) is 12.9. The molecule has 0 radical (unpaired) electrons. The number of carbonyl (C=O) groups excluding carboxylic acids is 2. The van der Waals surface area contributed by atoms with Gasteiger partial charge in [-0.1, -0.05) is 24.8 Å². The third kappa shape index (κ3) is 3.75. The second kappa shape index (κ2) is 5.30. The number of para-hydroxylation sites is 1. The number of hydrogen-bond donors (Lipinski definition) is 2. The quantitative estimate of drug-likeness (QED) is 0.776. The molecule has 0 bridgehead atoms. The van der Waals surface area contributed by atoms with E-state index >= 15 is 0 Å². The molecular formula is C13H16N2O2. The highest BCUT2D eigenvalue weighted by molar-refractivity contribution is 6.01. The van der Waals surface area contributed by atoms with Gasteiger partial charge in [-0.15, -0.1) is 0 Å². The van der Waals surface area contributed by atoms with E-state index in [9.17, 15) is 9.59 Å². The lowest BCUT2D eigenvalue weighted by Crippen LogP contribution is -2.51. The van der Waals surface area contributed by atoms with Gasteiger partial charge >= 0.3 is 0 Å². The maximum atomic E-state index is 11.9. The van der Waals surface area contributed by atoms with Crippen molar-refractivity contribution >= 4 is 17.5 Å². The monoisotopic (exact) mass is 232 g/mol. The fraction of sp³-hybridized carbons (Fsp3) is 0.231. The summed E-state index contributed by atoms with van der Waals surface area (Å²) in [6.45, 7) is 6.61. The smallest absolute Gasteiger partial charge is 0.249 e. The summed E-state index contributed by atoms with van der Waals surface area (Å²) in [5.41, 5.74) is -0.292. The minimum atomic E-state index is -0.985. The van der Waals surface area contributed by atoms with Crippen LogP contribution in [0.25, 0.3) is 0 Å². The molecule has 0 fully saturated rings. The Morgan fingerprint density at radius 3 is 2.35 bits per heavy atom. The fourth-order valence-corrected chi connectivity index (χ4v) is 1.22. The van der Waals surface area contributed by atoms with Gasteiger partial charge in [0.2, 0.25) is 11.8 Å². The molecule has 0 aliphatic carbocycles. The van der Waals surface area contributed by atoms with Crippen molar-refractivity contribution in [1.29, 1.82) is 0 Å². The van der Waals surface area contributed by atoms with Crippen LogP contribution in [0.3, 0.4) is 0 Å². The molecule has 90 valence electrons. The van der Waals surface area contributed by atoms with Gasteiger partial charge in [0.15, 0.2) is 0 Å². The molecule has 0 spiro atoms. The normalized spacial score (nSPS) is 10.5. The Morgan fingerprint density at radius 1 is 1.24 bits per heavy atom. The maximum absolute atomic E-state index is 11.9. The lowest BCUT2D eigenvalue weighted by Gasteiger charge is -2.24. The number of carbonyl (C=O) groups is 2. The van der Waals surface area contributed by atoms with E-state index in [4.69, 9.17) is 0 Å². The Bertz CT molecular complexity index is 424. The molecule has 0 aliphatic heterocycles. The number of amides is 2. The Balaban J connectivity index is 2.69. The van der Waals surface area contributed by atoms with Crippen LogP contribution in [-0.2, 0) is 9.59 Å². The summed E-state index contributed by atoms with van der Waals surface area (Å²) >= 11 is 0. The molecule has 1 rings (SSSR count). The van der Waals surface area contributed by atoms with E-state index in [1.54, 1.807) is 26.0 Å². The van der Waals surface area contributed by atoms with E-state index in [1.165, 1.54) is 0 Å². The Kier molecular flexibility index (Phi) is 4.04. The van der Waals surface area contributed by atoms with E-state index in [2.05, 4.69) is 17.2 Å². The van der Waals surface area contributed by atoms with E-state index in [1.807, 2.05) is 18.2 Å². The van der Waals surface area contributed by atoms with Crippen LogP contribution in [0.15, 0.2) is 43.0 Å². The van der Waals surface area contributed by atoms with Crippen LogP contribution in [0, 0.1) is 0 Å². The van der Waals surface area contributed by atoms with Crippen molar-refractivity contribution in [3.05, 3.63) is 43.0 Å². The largest absolute Gasteiger partial charge is 0.339 e. The number of benzene rings is 1. The molecule has 17 heavy (non-hydrogen) atoms. The van der Waals surface area contributed by atoms with Gasteiger partial charge in [0.25, 0.3) is 0 Å². The summed E-state index contributed by atoms with van der Waals surface area (Å²) in [5.74, 6) is -0.655. The first-order valence-electron chi connectivity index (χ1n) is 5.27. The molecule has 0 aliphatic rings. The summed E-state index contributed by atoms with van der Waals surface area (Å²) in [4.78, 5) is 23.1. The topological polar surface area (TPSA) is 58.2 Å². The molecule has 2 amide bonds. The van der Waals surface area contributed by atoms with E-state index < -0.39 is 5.54 Å².